The molecule has 1 heterocycles. The van der Waals surface area contributed by atoms with Gasteiger partial charge in [-0.15, -0.1) is 0 Å². The van der Waals surface area contributed by atoms with Gasteiger partial charge in [-0.05, 0) is 16.7 Å². The van der Waals surface area contributed by atoms with E-state index in [2.05, 4.69) is 5.32 Å². The molecule has 3 aromatic carbocycles. The van der Waals surface area contributed by atoms with Crippen molar-refractivity contribution in [3.63, 3.8) is 0 Å². The second-order valence-electron chi connectivity index (χ2n) is 9.03. The van der Waals surface area contributed by atoms with Crippen LogP contribution < -0.4 is 5.32 Å². The summed E-state index contributed by atoms with van der Waals surface area (Å²) in [4.78, 5) is 54.4. The maximum atomic E-state index is 13.8. The molecule has 4 rings (SSSR count). The predicted octanol–water partition coefficient (Wildman–Crippen LogP) is 2.85. The van der Waals surface area contributed by atoms with Crippen molar-refractivity contribution in [2.75, 3.05) is 13.1 Å². The minimum atomic E-state index is -1.26. The van der Waals surface area contributed by atoms with Crippen LogP contribution in [0, 0.1) is 0 Å². The van der Waals surface area contributed by atoms with Crippen LogP contribution in [-0.2, 0) is 38.7 Å². The molecule has 3 amide bonds. The van der Waals surface area contributed by atoms with Gasteiger partial charge in [-0.25, -0.2) is 4.79 Å². The summed E-state index contributed by atoms with van der Waals surface area (Å²) in [6, 6.07) is 25.2. The lowest BCUT2D eigenvalue weighted by Crippen LogP contribution is -2.54. The second kappa shape index (κ2) is 12.5. The summed E-state index contributed by atoms with van der Waals surface area (Å²) in [6.45, 7) is -0.626. The highest BCUT2D eigenvalue weighted by Crippen LogP contribution is 2.20. The van der Waals surface area contributed by atoms with Crippen LogP contribution in [-0.4, -0.2) is 64.0 Å². The van der Waals surface area contributed by atoms with E-state index in [0.717, 1.165) is 21.6 Å². The number of rotatable bonds is 9. The third kappa shape index (κ3) is 6.97. The van der Waals surface area contributed by atoms with Crippen molar-refractivity contribution in [2.24, 2.45) is 0 Å². The number of alkyl carbamates (subject to hydrolysis) is 1. The molecule has 0 aliphatic carbocycles. The standard InChI is InChI=1S/C29H29N3O6/c33-26(34)19-32-25(16-21-10-4-1-5-11-21)28(36)31(17-22-12-6-2-7-13-22)18-24(27(32)35)30-29(37)38-20-23-14-8-3-9-15-23/h1-15,24-25H,16-20H2,(H,30,37)(H,33,34). The van der Waals surface area contributed by atoms with Crippen LogP contribution in [0.4, 0.5) is 4.79 Å². The van der Waals surface area contributed by atoms with Gasteiger partial charge in [0.2, 0.25) is 11.8 Å². The van der Waals surface area contributed by atoms with Crippen molar-refractivity contribution in [1.82, 2.24) is 15.1 Å². The normalized spacial score (nSPS) is 17.6. The van der Waals surface area contributed by atoms with Gasteiger partial charge in [0, 0.05) is 13.0 Å². The van der Waals surface area contributed by atoms with Crippen LogP contribution in [0.1, 0.15) is 16.7 Å². The summed E-state index contributed by atoms with van der Waals surface area (Å²) in [6.07, 6.45) is -0.703. The van der Waals surface area contributed by atoms with Crippen LogP contribution in [0.5, 0.6) is 0 Å². The number of benzene rings is 3. The fraction of sp³-hybridized carbons (Fsp3) is 0.241. The Labute approximate surface area is 220 Å². The zero-order valence-corrected chi connectivity index (χ0v) is 20.7. The number of carboxylic acids is 1. The fourth-order valence-electron chi connectivity index (χ4n) is 4.42. The smallest absolute Gasteiger partial charge is 0.408 e. The number of nitrogens with one attached hydrogen (secondary N) is 1. The van der Waals surface area contributed by atoms with E-state index in [9.17, 15) is 24.3 Å². The van der Waals surface area contributed by atoms with Gasteiger partial charge >= 0.3 is 12.1 Å². The Morgan fingerprint density at radius 3 is 1.95 bits per heavy atom. The molecule has 196 valence electrons. The zero-order valence-electron chi connectivity index (χ0n) is 20.7. The van der Waals surface area contributed by atoms with E-state index in [1.54, 1.807) is 12.1 Å². The number of amides is 3. The SMILES string of the molecule is O=C(O)CN1C(=O)C(NC(=O)OCc2ccccc2)CN(Cc2ccccc2)C(=O)C1Cc1ccccc1. The first kappa shape index (κ1) is 26.4. The number of nitrogens with zero attached hydrogens (tertiary/aromatic N) is 2. The molecule has 0 bridgehead atoms. The van der Waals surface area contributed by atoms with E-state index in [0.29, 0.717) is 0 Å². The van der Waals surface area contributed by atoms with E-state index in [1.165, 1.54) is 4.90 Å². The molecule has 9 heteroatoms. The molecule has 2 N–H and O–H groups in total. The van der Waals surface area contributed by atoms with Crippen LogP contribution in [0.25, 0.3) is 0 Å². The first-order valence-corrected chi connectivity index (χ1v) is 12.3. The molecule has 2 unspecified atom stereocenters. The molecule has 3 aromatic rings. The third-order valence-corrected chi connectivity index (χ3v) is 6.26. The zero-order chi connectivity index (χ0) is 26.9. The number of hydrogen-bond acceptors (Lipinski definition) is 5. The number of carboxylic acid groups (broad SMARTS) is 1. The highest BCUT2D eigenvalue weighted by Gasteiger charge is 2.42. The number of ether oxygens (including phenoxy) is 1. The Morgan fingerprint density at radius 2 is 1.37 bits per heavy atom. The maximum Gasteiger partial charge on any atom is 0.408 e. The van der Waals surface area contributed by atoms with Gasteiger partial charge < -0.3 is 25.0 Å². The van der Waals surface area contributed by atoms with E-state index < -0.39 is 42.5 Å². The lowest BCUT2D eigenvalue weighted by Gasteiger charge is -2.30. The van der Waals surface area contributed by atoms with E-state index in [1.807, 2.05) is 78.9 Å². The maximum absolute atomic E-state index is 13.8. The Balaban J connectivity index is 1.61. The van der Waals surface area contributed by atoms with Crippen molar-refractivity contribution in [3.05, 3.63) is 108 Å². The van der Waals surface area contributed by atoms with Crippen LogP contribution >= 0.6 is 0 Å². The molecule has 0 spiro atoms. The van der Waals surface area contributed by atoms with Crippen molar-refractivity contribution in [2.45, 2.75) is 31.7 Å². The molecule has 0 saturated carbocycles. The minimum Gasteiger partial charge on any atom is -0.480 e. The number of aliphatic carboxylic acids is 1. The topological polar surface area (TPSA) is 116 Å². The second-order valence-corrected chi connectivity index (χ2v) is 9.03. The Hall–Kier alpha value is -4.66. The fourth-order valence-corrected chi connectivity index (χ4v) is 4.42. The Kier molecular flexibility index (Phi) is 8.71. The molecule has 9 nitrogen and oxygen atoms in total. The van der Waals surface area contributed by atoms with Gasteiger partial charge in [-0.3, -0.25) is 14.4 Å². The average molecular weight is 516 g/mol. The summed E-state index contributed by atoms with van der Waals surface area (Å²) in [7, 11) is 0. The molecule has 0 radical (unpaired) electrons. The first-order chi connectivity index (χ1) is 18.4. The molecule has 2 atom stereocenters. The lowest BCUT2D eigenvalue weighted by molar-refractivity contribution is -0.149. The predicted molar refractivity (Wildman–Crippen MR) is 139 cm³/mol. The van der Waals surface area contributed by atoms with Gasteiger partial charge in [0.05, 0.1) is 6.54 Å². The Morgan fingerprint density at radius 1 is 0.816 bits per heavy atom. The monoisotopic (exact) mass is 515 g/mol. The van der Waals surface area contributed by atoms with Gasteiger partial charge in [0.25, 0.3) is 0 Å². The number of carbonyl (C=O) groups is 4. The highest BCUT2D eigenvalue weighted by molar-refractivity contribution is 5.96. The summed E-state index contributed by atoms with van der Waals surface area (Å²) >= 11 is 0. The average Bonchev–Trinajstić information content (AvgIpc) is 3.01. The van der Waals surface area contributed by atoms with E-state index >= 15 is 0 Å². The molecule has 1 fully saturated rings. The van der Waals surface area contributed by atoms with Crippen LogP contribution in [0.2, 0.25) is 0 Å². The summed E-state index contributed by atoms with van der Waals surface area (Å²) in [5.41, 5.74) is 2.39. The molecule has 0 aromatic heterocycles. The van der Waals surface area contributed by atoms with Crippen molar-refractivity contribution < 1.29 is 29.0 Å². The molecule has 1 saturated heterocycles. The number of hydrogen-bond donors (Lipinski definition) is 2. The Bertz CT molecular complexity index is 1250. The summed E-state index contributed by atoms with van der Waals surface area (Å²) in [5.74, 6) is -2.31. The van der Waals surface area contributed by atoms with E-state index in [-0.39, 0.29) is 26.1 Å². The summed E-state index contributed by atoms with van der Waals surface area (Å²) in [5, 5.41) is 12.2. The van der Waals surface area contributed by atoms with Gasteiger partial charge in [0.15, 0.2) is 0 Å². The minimum absolute atomic E-state index is 0.00425. The molecule has 38 heavy (non-hydrogen) atoms. The first-order valence-electron chi connectivity index (χ1n) is 12.3. The lowest BCUT2D eigenvalue weighted by atomic mass is 10.0. The molecule has 1 aliphatic rings. The van der Waals surface area contributed by atoms with Gasteiger partial charge in [-0.1, -0.05) is 91.0 Å². The highest BCUT2D eigenvalue weighted by atomic mass is 16.5. The van der Waals surface area contributed by atoms with Gasteiger partial charge in [-0.2, -0.15) is 0 Å². The van der Waals surface area contributed by atoms with Crippen molar-refractivity contribution in [1.29, 1.82) is 0 Å². The molecular weight excluding hydrogens is 486 g/mol. The molecular formula is C29H29N3O6. The third-order valence-electron chi connectivity index (χ3n) is 6.26. The van der Waals surface area contributed by atoms with Crippen molar-refractivity contribution in [3.8, 4) is 0 Å². The largest absolute Gasteiger partial charge is 0.480 e. The molecule has 1 aliphatic heterocycles. The van der Waals surface area contributed by atoms with Gasteiger partial charge in [0.1, 0.15) is 25.2 Å². The number of carbonyl (C=O) groups excluding carboxylic acids is 3. The quantitative estimate of drug-likeness (QED) is 0.453. The van der Waals surface area contributed by atoms with Crippen molar-refractivity contribution >= 4 is 23.9 Å². The summed E-state index contributed by atoms with van der Waals surface area (Å²) < 4.78 is 5.30. The van der Waals surface area contributed by atoms with Crippen LogP contribution in [0.3, 0.4) is 0 Å². The van der Waals surface area contributed by atoms with E-state index in [4.69, 9.17) is 4.74 Å². The van der Waals surface area contributed by atoms with Crippen LogP contribution in [0.15, 0.2) is 91.0 Å².